The Morgan fingerprint density at radius 3 is 2.50 bits per heavy atom. The van der Waals surface area contributed by atoms with Gasteiger partial charge in [-0.15, -0.1) is 0 Å². The van der Waals surface area contributed by atoms with Crippen molar-refractivity contribution in [3.63, 3.8) is 0 Å². The second kappa shape index (κ2) is 5.75. The first-order chi connectivity index (χ1) is 8.63. The Morgan fingerprint density at radius 1 is 1.28 bits per heavy atom. The lowest BCUT2D eigenvalue weighted by Crippen LogP contribution is -2.25. The first kappa shape index (κ1) is 13.4. The van der Waals surface area contributed by atoms with Crippen LogP contribution in [0, 0.1) is 5.41 Å². The summed E-state index contributed by atoms with van der Waals surface area (Å²) in [5, 5.41) is 3.62. The van der Waals surface area contributed by atoms with Crippen LogP contribution in [0.25, 0.3) is 0 Å². The topological polar surface area (TPSA) is 21.3 Å². The second-order valence-corrected chi connectivity index (χ2v) is 5.83. The van der Waals surface area contributed by atoms with E-state index < -0.39 is 0 Å². The number of rotatable bonds is 7. The lowest BCUT2D eigenvalue weighted by molar-refractivity contribution is 0.317. The van der Waals surface area contributed by atoms with E-state index >= 15 is 0 Å². The van der Waals surface area contributed by atoms with Gasteiger partial charge in [0.25, 0.3) is 0 Å². The average Bonchev–Trinajstić information content (AvgIpc) is 3.13. The molecule has 0 aliphatic heterocycles. The second-order valence-electron chi connectivity index (χ2n) is 5.83. The van der Waals surface area contributed by atoms with Gasteiger partial charge >= 0.3 is 0 Å². The van der Waals surface area contributed by atoms with Crippen LogP contribution in [-0.4, -0.2) is 13.2 Å². The van der Waals surface area contributed by atoms with Gasteiger partial charge in [0.15, 0.2) is 0 Å². The van der Waals surface area contributed by atoms with Gasteiger partial charge in [-0.25, -0.2) is 0 Å². The molecule has 0 spiro atoms. The van der Waals surface area contributed by atoms with E-state index in [1.54, 1.807) is 0 Å². The maximum Gasteiger partial charge on any atom is 0.119 e. The van der Waals surface area contributed by atoms with Crippen LogP contribution in [-0.2, 0) is 0 Å². The number of hydrogen-bond acceptors (Lipinski definition) is 2. The van der Waals surface area contributed by atoms with Crippen molar-refractivity contribution in [2.75, 3.05) is 13.2 Å². The highest BCUT2D eigenvalue weighted by atomic mass is 16.5. The summed E-state index contributed by atoms with van der Waals surface area (Å²) in [5.74, 6) is 0.974. The van der Waals surface area contributed by atoms with E-state index in [0.29, 0.717) is 11.5 Å². The molecule has 0 saturated heterocycles. The molecule has 0 radical (unpaired) electrons. The van der Waals surface area contributed by atoms with E-state index in [1.165, 1.54) is 18.4 Å². The van der Waals surface area contributed by atoms with Gasteiger partial charge in [-0.2, -0.15) is 0 Å². The summed E-state index contributed by atoms with van der Waals surface area (Å²) in [5.41, 5.74) is 1.90. The van der Waals surface area contributed by atoms with E-state index in [0.717, 1.165) is 25.3 Å². The summed E-state index contributed by atoms with van der Waals surface area (Å²) < 4.78 is 5.59. The van der Waals surface area contributed by atoms with E-state index in [2.05, 4.69) is 50.4 Å². The molecule has 100 valence electrons. The van der Waals surface area contributed by atoms with Gasteiger partial charge in [0, 0.05) is 12.6 Å². The lowest BCUT2D eigenvalue weighted by Gasteiger charge is -2.17. The van der Waals surface area contributed by atoms with Crippen molar-refractivity contribution in [2.45, 2.75) is 46.1 Å². The third-order valence-electron chi connectivity index (χ3n) is 3.79. The van der Waals surface area contributed by atoms with Crippen molar-refractivity contribution in [3.05, 3.63) is 29.8 Å². The summed E-state index contributed by atoms with van der Waals surface area (Å²) in [6.45, 7) is 8.63. The fraction of sp³-hybridized carbons (Fsp3) is 0.625. The number of nitrogens with one attached hydrogen (secondary N) is 1. The van der Waals surface area contributed by atoms with E-state index in [4.69, 9.17) is 4.74 Å². The zero-order chi connectivity index (χ0) is 13.0. The molecule has 18 heavy (non-hydrogen) atoms. The Morgan fingerprint density at radius 2 is 1.94 bits per heavy atom. The summed E-state index contributed by atoms with van der Waals surface area (Å²) in [4.78, 5) is 0. The molecule has 1 saturated carbocycles. The summed E-state index contributed by atoms with van der Waals surface area (Å²) >= 11 is 0. The molecule has 1 aliphatic rings. The van der Waals surface area contributed by atoms with Crippen LogP contribution in [0.2, 0.25) is 0 Å². The smallest absolute Gasteiger partial charge is 0.119 e. The van der Waals surface area contributed by atoms with Crippen molar-refractivity contribution < 1.29 is 4.74 Å². The molecule has 1 aromatic rings. The molecule has 1 N–H and O–H groups in total. The van der Waals surface area contributed by atoms with Gasteiger partial charge in [-0.05, 0) is 49.3 Å². The van der Waals surface area contributed by atoms with Gasteiger partial charge in [0.05, 0.1) is 6.61 Å². The van der Waals surface area contributed by atoms with Crippen molar-refractivity contribution >= 4 is 0 Å². The molecule has 0 heterocycles. The molecule has 0 amide bonds. The van der Waals surface area contributed by atoms with Crippen LogP contribution in [0.15, 0.2) is 24.3 Å². The Balaban J connectivity index is 1.83. The fourth-order valence-electron chi connectivity index (χ4n) is 1.98. The van der Waals surface area contributed by atoms with Gasteiger partial charge < -0.3 is 10.1 Å². The van der Waals surface area contributed by atoms with Crippen LogP contribution in [0.1, 0.15) is 51.6 Å². The highest BCUT2D eigenvalue weighted by Gasteiger charge is 2.36. The Bertz CT molecular complexity index is 367. The Hall–Kier alpha value is -1.02. The van der Waals surface area contributed by atoms with Gasteiger partial charge in [-0.3, -0.25) is 0 Å². The Labute approximate surface area is 111 Å². The fourth-order valence-corrected chi connectivity index (χ4v) is 1.98. The standard InChI is InChI=1S/C16H25NO/c1-4-11-18-15-7-5-14(6-8-15)13(2)17-12-16(3)9-10-16/h5-8,13,17H,4,9-12H2,1-3H3. The predicted molar refractivity (Wildman–Crippen MR) is 76.0 cm³/mol. The summed E-state index contributed by atoms with van der Waals surface area (Å²) in [6.07, 6.45) is 3.80. The highest BCUT2D eigenvalue weighted by Crippen LogP contribution is 2.44. The van der Waals surface area contributed by atoms with Crippen LogP contribution in [0.4, 0.5) is 0 Å². The first-order valence-electron chi connectivity index (χ1n) is 7.09. The van der Waals surface area contributed by atoms with Crippen molar-refractivity contribution in [2.24, 2.45) is 5.41 Å². The zero-order valence-electron chi connectivity index (χ0n) is 11.8. The lowest BCUT2D eigenvalue weighted by atomic mass is 10.1. The minimum absolute atomic E-state index is 0.419. The normalized spacial score (nSPS) is 18.4. The monoisotopic (exact) mass is 247 g/mol. The van der Waals surface area contributed by atoms with Crippen LogP contribution >= 0.6 is 0 Å². The quantitative estimate of drug-likeness (QED) is 0.788. The largest absolute Gasteiger partial charge is 0.494 e. The van der Waals surface area contributed by atoms with Crippen molar-refractivity contribution in [3.8, 4) is 5.75 Å². The van der Waals surface area contributed by atoms with E-state index in [-0.39, 0.29) is 0 Å². The molecule has 0 bridgehead atoms. The summed E-state index contributed by atoms with van der Waals surface area (Å²) in [6, 6.07) is 8.89. The molecule has 2 heteroatoms. The number of benzene rings is 1. The molecular formula is C16H25NO. The van der Waals surface area contributed by atoms with E-state index in [1.807, 2.05) is 0 Å². The first-order valence-corrected chi connectivity index (χ1v) is 7.09. The van der Waals surface area contributed by atoms with Gasteiger partial charge in [0.2, 0.25) is 0 Å². The maximum atomic E-state index is 5.59. The van der Waals surface area contributed by atoms with Crippen LogP contribution < -0.4 is 10.1 Å². The molecule has 0 aromatic heterocycles. The van der Waals surface area contributed by atoms with E-state index in [9.17, 15) is 0 Å². The molecule has 2 nitrogen and oxygen atoms in total. The third-order valence-corrected chi connectivity index (χ3v) is 3.79. The molecule has 1 aliphatic carbocycles. The predicted octanol–water partition coefficient (Wildman–Crippen LogP) is 3.93. The van der Waals surface area contributed by atoms with Crippen LogP contribution in [0.3, 0.4) is 0 Å². The minimum Gasteiger partial charge on any atom is -0.494 e. The third kappa shape index (κ3) is 3.74. The minimum atomic E-state index is 0.419. The van der Waals surface area contributed by atoms with Crippen LogP contribution in [0.5, 0.6) is 5.75 Å². The molecule has 2 rings (SSSR count). The number of hydrogen-bond donors (Lipinski definition) is 1. The molecule has 1 atom stereocenters. The number of ether oxygens (including phenoxy) is 1. The summed E-state index contributed by atoms with van der Waals surface area (Å²) in [7, 11) is 0. The molecular weight excluding hydrogens is 222 g/mol. The SMILES string of the molecule is CCCOc1ccc(C(C)NCC2(C)CC2)cc1. The molecule has 1 unspecified atom stereocenters. The average molecular weight is 247 g/mol. The maximum absolute atomic E-state index is 5.59. The van der Waals surface area contributed by atoms with Gasteiger partial charge in [0.1, 0.15) is 5.75 Å². The highest BCUT2D eigenvalue weighted by molar-refractivity contribution is 5.29. The zero-order valence-corrected chi connectivity index (χ0v) is 11.8. The van der Waals surface area contributed by atoms with Crippen molar-refractivity contribution in [1.82, 2.24) is 5.32 Å². The molecule has 1 fully saturated rings. The van der Waals surface area contributed by atoms with Crippen molar-refractivity contribution in [1.29, 1.82) is 0 Å². The molecule has 1 aromatic carbocycles. The Kier molecular flexibility index (Phi) is 4.28. The van der Waals surface area contributed by atoms with Gasteiger partial charge in [-0.1, -0.05) is 26.0 Å².